The van der Waals surface area contributed by atoms with Gasteiger partial charge in [-0.1, -0.05) is 18.2 Å². The number of carbonyl (C=O) groups excluding carboxylic acids is 1. The summed E-state index contributed by atoms with van der Waals surface area (Å²) in [6.45, 7) is 3.76. The third-order valence-corrected chi connectivity index (χ3v) is 4.39. The van der Waals surface area contributed by atoms with E-state index in [9.17, 15) is 14.7 Å². The highest BCUT2D eigenvalue weighted by Gasteiger charge is 2.20. The lowest BCUT2D eigenvalue weighted by molar-refractivity contribution is 0.101. The number of benzene rings is 1. The summed E-state index contributed by atoms with van der Waals surface area (Å²) < 4.78 is 6.74. The standard InChI is InChI=1S/C21H16N4O4/c1-2-10-24(21(27)28)15-6-3-5-14(12-15)17-8-9-22-20-16(13-23-25(17)20)19(26)18-7-4-11-29-18/h2-9,11-13H,1,10H2,(H,27,28). The highest BCUT2D eigenvalue weighted by Crippen LogP contribution is 2.26. The van der Waals surface area contributed by atoms with Crippen LogP contribution in [0.15, 0.2) is 78.2 Å². The van der Waals surface area contributed by atoms with E-state index in [0.717, 1.165) is 5.56 Å². The monoisotopic (exact) mass is 388 g/mol. The number of rotatable bonds is 6. The number of furan rings is 1. The fourth-order valence-corrected chi connectivity index (χ4v) is 3.07. The SMILES string of the molecule is C=CCN(C(=O)O)c1cccc(-c2ccnc3c(C(=O)c4ccco4)cnn23)c1. The first-order valence-electron chi connectivity index (χ1n) is 8.73. The summed E-state index contributed by atoms with van der Waals surface area (Å²) in [5.74, 6) is -0.109. The minimum absolute atomic E-state index is 0.161. The fraction of sp³-hybridized carbons (Fsp3) is 0.0476. The van der Waals surface area contributed by atoms with Crippen LogP contribution in [0.1, 0.15) is 16.1 Å². The Balaban J connectivity index is 1.80. The molecular weight excluding hydrogens is 372 g/mol. The van der Waals surface area contributed by atoms with Crippen LogP contribution in [0.2, 0.25) is 0 Å². The van der Waals surface area contributed by atoms with Crippen molar-refractivity contribution in [3.05, 3.63) is 85.1 Å². The molecule has 0 atom stereocenters. The summed E-state index contributed by atoms with van der Waals surface area (Å²) in [6.07, 6.45) is 4.90. The van der Waals surface area contributed by atoms with Crippen LogP contribution >= 0.6 is 0 Å². The molecule has 8 nitrogen and oxygen atoms in total. The van der Waals surface area contributed by atoms with E-state index in [2.05, 4.69) is 16.7 Å². The Morgan fingerprint density at radius 1 is 1.24 bits per heavy atom. The van der Waals surface area contributed by atoms with Crippen molar-refractivity contribution in [3.8, 4) is 11.3 Å². The van der Waals surface area contributed by atoms with Crippen molar-refractivity contribution in [1.29, 1.82) is 0 Å². The van der Waals surface area contributed by atoms with E-state index in [0.29, 0.717) is 22.6 Å². The molecule has 29 heavy (non-hydrogen) atoms. The Hall–Kier alpha value is -4.20. The molecule has 0 spiro atoms. The number of fused-ring (bicyclic) bond motifs is 1. The predicted molar refractivity (Wildman–Crippen MR) is 106 cm³/mol. The zero-order valence-electron chi connectivity index (χ0n) is 15.2. The van der Waals surface area contributed by atoms with Gasteiger partial charge >= 0.3 is 6.09 Å². The number of hydrogen-bond acceptors (Lipinski definition) is 5. The van der Waals surface area contributed by atoms with Crippen LogP contribution in [0.5, 0.6) is 0 Å². The Morgan fingerprint density at radius 3 is 2.83 bits per heavy atom. The van der Waals surface area contributed by atoms with Gasteiger partial charge in [-0.2, -0.15) is 5.10 Å². The van der Waals surface area contributed by atoms with Crippen LogP contribution in [0.25, 0.3) is 16.9 Å². The van der Waals surface area contributed by atoms with Gasteiger partial charge in [-0.05, 0) is 30.3 Å². The molecule has 3 heterocycles. The maximum absolute atomic E-state index is 12.7. The molecule has 0 bridgehead atoms. The van der Waals surface area contributed by atoms with Crippen molar-refractivity contribution in [2.75, 3.05) is 11.4 Å². The molecule has 1 N–H and O–H groups in total. The number of anilines is 1. The zero-order chi connectivity index (χ0) is 20.4. The molecule has 0 unspecified atom stereocenters. The van der Waals surface area contributed by atoms with Crippen LogP contribution in [0, 0.1) is 0 Å². The van der Waals surface area contributed by atoms with Crippen molar-refractivity contribution in [2.45, 2.75) is 0 Å². The van der Waals surface area contributed by atoms with E-state index in [-0.39, 0.29) is 18.1 Å². The quantitative estimate of drug-likeness (QED) is 0.397. The van der Waals surface area contributed by atoms with E-state index >= 15 is 0 Å². The Morgan fingerprint density at radius 2 is 2.10 bits per heavy atom. The van der Waals surface area contributed by atoms with Crippen LogP contribution in [-0.4, -0.2) is 38.1 Å². The molecule has 8 heteroatoms. The van der Waals surface area contributed by atoms with Crippen LogP contribution in [0.3, 0.4) is 0 Å². The Bertz CT molecular complexity index is 1210. The van der Waals surface area contributed by atoms with Gasteiger partial charge in [-0.15, -0.1) is 6.58 Å². The molecule has 0 aliphatic rings. The van der Waals surface area contributed by atoms with Gasteiger partial charge in [-0.25, -0.2) is 14.3 Å². The molecule has 1 aromatic carbocycles. The summed E-state index contributed by atoms with van der Waals surface area (Å²) in [6, 6.07) is 12.0. The molecule has 0 saturated heterocycles. The average Bonchev–Trinajstić information content (AvgIpc) is 3.41. The summed E-state index contributed by atoms with van der Waals surface area (Å²) in [4.78, 5) is 29.7. The third-order valence-electron chi connectivity index (χ3n) is 4.39. The maximum atomic E-state index is 12.7. The number of hydrogen-bond donors (Lipinski definition) is 1. The minimum atomic E-state index is -1.08. The van der Waals surface area contributed by atoms with E-state index < -0.39 is 6.09 Å². The lowest BCUT2D eigenvalue weighted by atomic mass is 10.1. The van der Waals surface area contributed by atoms with Crippen molar-refractivity contribution >= 4 is 23.2 Å². The number of carboxylic acid groups (broad SMARTS) is 1. The van der Waals surface area contributed by atoms with Crippen LogP contribution in [0.4, 0.5) is 10.5 Å². The molecule has 0 saturated carbocycles. The number of aromatic nitrogens is 3. The molecule has 1 amide bonds. The van der Waals surface area contributed by atoms with Gasteiger partial charge in [0.05, 0.1) is 23.7 Å². The van der Waals surface area contributed by atoms with E-state index in [1.165, 1.54) is 23.4 Å². The summed E-state index contributed by atoms with van der Waals surface area (Å²) in [7, 11) is 0. The maximum Gasteiger partial charge on any atom is 0.412 e. The van der Waals surface area contributed by atoms with Gasteiger partial charge in [0.15, 0.2) is 11.4 Å². The largest absolute Gasteiger partial charge is 0.465 e. The Kier molecular flexibility index (Phi) is 4.66. The van der Waals surface area contributed by atoms with Crippen LogP contribution < -0.4 is 4.90 Å². The smallest absolute Gasteiger partial charge is 0.412 e. The van der Waals surface area contributed by atoms with Gasteiger partial charge in [0.25, 0.3) is 0 Å². The molecular formula is C21H16N4O4. The van der Waals surface area contributed by atoms with Crippen LogP contribution in [-0.2, 0) is 0 Å². The average molecular weight is 388 g/mol. The lowest BCUT2D eigenvalue weighted by Gasteiger charge is -2.18. The molecule has 4 aromatic rings. The summed E-state index contributed by atoms with van der Waals surface area (Å²) >= 11 is 0. The molecule has 3 aromatic heterocycles. The zero-order valence-corrected chi connectivity index (χ0v) is 15.2. The predicted octanol–water partition coefficient (Wildman–Crippen LogP) is 3.89. The van der Waals surface area contributed by atoms with Crippen molar-refractivity contribution in [2.24, 2.45) is 0 Å². The van der Waals surface area contributed by atoms with E-state index in [4.69, 9.17) is 4.42 Å². The van der Waals surface area contributed by atoms with Gasteiger partial charge in [0.1, 0.15) is 0 Å². The van der Waals surface area contributed by atoms with Gasteiger partial charge < -0.3 is 9.52 Å². The number of amides is 1. The molecule has 0 aliphatic carbocycles. The highest BCUT2D eigenvalue weighted by molar-refractivity contribution is 6.10. The molecule has 0 aliphatic heterocycles. The van der Waals surface area contributed by atoms with Gasteiger partial charge in [-0.3, -0.25) is 9.69 Å². The molecule has 144 valence electrons. The highest BCUT2D eigenvalue weighted by atomic mass is 16.4. The molecule has 0 radical (unpaired) electrons. The van der Waals surface area contributed by atoms with Crippen molar-refractivity contribution in [1.82, 2.24) is 14.6 Å². The Labute approximate surface area is 165 Å². The second-order valence-corrected chi connectivity index (χ2v) is 6.16. The first-order chi connectivity index (χ1) is 14.1. The number of nitrogens with zero attached hydrogens (tertiary/aromatic N) is 4. The molecule has 0 fully saturated rings. The summed E-state index contributed by atoms with van der Waals surface area (Å²) in [5, 5.41) is 13.8. The topological polar surface area (TPSA) is 101 Å². The second kappa shape index (κ2) is 7.43. The van der Waals surface area contributed by atoms with Gasteiger partial charge in [0.2, 0.25) is 5.78 Å². The first kappa shape index (κ1) is 18.2. The minimum Gasteiger partial charge on any atom is -0.465 e. The normalized spacial score (nSPS) is 10.8. The third kappa shape index (κ3) is 3.27. The van der Waals surface area contributed by atoms with Gasteiger partial charge in [0, 0.05) is 24.0 Å². The number of ketones is 1. The first-order valence-corrected chi connectivity index (χ1v) is 8.73. The lowest BCUT2D eigenvalue weighted by Crippen LogP contribution is -2.29. The number of carbonyl (C=O) groups is 2. The van der Waals surface area contributed by atoms with E-state index in [1.807, 2.05) is 6.07 Å². The molecule has 4 rings (SSSR count). The fourth-order valence-electron chi connectivity index (χ4n) is 3.07. The second-order valence-electron chi connectivity index (χ2n) is 6.16. The van der Waals surface area contributed by atoms with E-state index in [1.54, 1.807) is 47.1 Å². The van der Waals surface area contributed by atoms with Crippen molar-refractivity contribution in [3.63, 3.8) is 0 Å². The summed E-state index contributed by atoms with van der Waals surface area (Å²) in [5.41, 5.74) is 2.59. The van der Waals surface area contributed by atoms with Crippen molar-refractivity contribution < 1.29 is 19.1 Å².